The molecule has 3 aromatic rings. The zero-order chi connectivity index (χ0) is 19.4. The topological polar surface area (TPSA) is 111 Å². The average molecular weight is 385 g/mol. The number of carboxylic acids is 1. The normalized spacial score (nSPS) is 10.3. The van der Waals surface area contributed by atoms with E-state index in [9.17, 15) is 14.7 Å². The Morgan fingerprint density at radius 3 is 2.37 bits per heavy atom. The van der Waals surface area contributed by atoms with Crippen molar-refractivity contribution in [3.63, 3.8) is 0 Å². The minimum atomic E-state index is -1.18. The fraction of sp³-hybridized carbons (Fsp3) is 0.111. The maximum Gasteiger partial charge on any atom is 0.336 e. The van der Waals surface area contributed by atoms with Crippen molar-refractivity contribution < 1.29 is 24.2 Å². The summed E-state index contributed by atoms with van der Waals surface area (Å²) in [6, 6.07) is 11.3. The molecule has 0 saturated carbocycles. The van der Waals surface area contributed by atoms with Gasteiger partial charge in [0.25, 0.3) is 5.91 Å². The van der Waals surface area contributed by atoms with Gasteiger partial charge < -0.3 is 14.6 Å². The first-order valence-corrected chi connectivity index (χ1v) is 8.54. The molecule has 138 valence electrons. The number of aromatic carboxylic acids is 1. The maximum atomic E-state index is 12.4. The number of hydrogen-bond acceptors (Lipinski definition) is 7. The summed E-state index contributed by atoms with van der Waals surface area (Å²) in [5, 5.41) is 20.6. The van der Waals surface area contributed by atoms with E-state index in [1.165, 1.54) is 19.2 Å². The molecule has 27 heavy (non-hydrogen) atoms. The predicted molar refractivity (Wildman–Crippen MR) is 99.8 cm³/mol. The molecule has 1 amide bonds. The van der Waals surface area contributed by atoms with Crippen LogP contribution in [0.15, 0.2) is 42.5 Å². The Balaban J connectivity index is 1.83. The Bertz CT molecular complexity index is 1000. The molecule has 0 atom stereocenters. The smallest absolute Gasteiger partial charge is 0.336 e. The Morgan fingerprint density at radius 1 is 1.00 bits per heavy atom. The lowest BCUT2D eigenvalue weighted by Gasteiger charge is -2.07. The molecule has 0 saturated heterocycles. The molecule has 1 heterocycles. The predicted octanol–water partition coefficient (Wildman–Crippen LogP) is 3.17. The van der Waals surface area contributed by atoms with Crippen molar-refractivity contribution in [1.29, 1.82) is 0 Å². The number of carbonyl (C=O) groups excluding carboxylic acids is 1. The third kappa shape index (κ3) is 3.87. The molecule has 9 heteroatoms. The number of anilines is 1. The number of carboxylic acid groups (broad SMARTS) is 1. The number of methoxy groups -OCH3 is 2. The van der Waals surface area contributed by atoms with Crippen molar-refractivity contribution in [1.82, 2.24) is 10.2 Å². The van der Waals surface area contributed by atoms with E-state index in [0.29, 0.717) is 16.5 Å². The van der Waals surface area contributed by atoms with Gasteiger partial charge in [-0.15, -0.1) is 10.2 Å². The minimum absolute atomic E-state index is 0.0490. The van der Waals surface area contributed by atoms with Crippen LogP contribution in [0.2, 0.25) is 0 Å². The number of benzene rings is 2. The fourth-order valence-corrected chi connectivity index (χ4v) is 3.13. The van der Waals surface area contributed by atoms with Gasteiger partial charge in [-0.3, -0.25) is 10.1 Å². The third-order valence-electron chi connectivity index (χ3n) is 3.68. The number of aromatic nitrogens is 2. The van der Waals surface area contributed by atoms with Crippen LogP contribution >= 0.6 is 11.3 Å². The van der Waals surface area contributed by atoms with Crippen molar-refractivity contribution in [2.24, 2.45) is 0 Å². The van der Waals surface area contributed by atoms with E-state index >= 15 is 0 Å². The number of hydrogen-bond donors (Lipinski definition) is 2. The highest BCUT2D eigenvalue weighted by Gasteiger charge is 2.18. The summed E-state index contributed by atoms with van der Waals surface area (Å²) in [4.78, 5) is 23.6. The summed E-state index contributed by atoms with van der Waals surface area (Å²) >= 11 is 1.16. The highest BCUT2D eigenvalue weighted by molar-refractivity contribution is 7.18. The van der Waals surface area contributed by atoms with Crippen molar-refractivity contribution in [2.45, 2.75) is 0 Å². The van der Waals surface area contributed by atoms with Crippen LogP contribution in [0.3, 0.4) is 0 Å². The molecule has 0 radical (unpaired) electrons. The van der Waals surface area contributed by atoms with E-state index in [2.05, 4.69) is 15.5 Å². The zero-order valence-corrected chi connectivity index (χ0v) is 15.2. The number of rotatable bonds is 6. The van der Waals surface area contributed by atoms with Crippen LogP contribution in [0, 0.1) is 0 Å². The summed E-state index contributed by atoms with van der Waals surface area (Å²) in [7, 11) is 3.08. The second kappa shape index (κ2) is 7.83. The van der Waals surface area contributed by atoms with Crippen molar-refractivity contribution in [2.75, 3.05) is 19.5 Å². The zero-order valence-electron chi connectivity index (χ0n) is 14.4. The van der Waals surface area contributed by atoms with Crippen LogP contribution in [-0.4, -0.2) is 41.4 Å². The van der Waals surface area contributed by atoms with E-state index in [4.69, 9.17) is 9.47 Å². The monoisotopic (exact) mass is 385 g/mol. The molecule has 0 bridgehead atoms. The second-order valence-corrected chi connectivity index (χ2v) is 6.26. The van der Waals surface area contributed by atoms with Crippen LogP contribution in [0.25, 0.3) is 10.6 Å². The number of amides is 1. The highest BCUT2D eigenvalue weighted by Crippen LogP contribution is 2.34. The molecule has 0 unspecified atom stereocenters. The van der Waals surface area contributed by atoms with E-state index in [-0.39, 0.29) is 16.3 Å². The quantitative estimate of drug-likeness (QED) is 0.670. The van der Waals surface area contributed by atoms with E-state index in [1.54, 1.807) is 37.4 Å². The van der Waals surface area contributed by atoms with Gasteiger partial charge in [0, 0.05) is 5.56 Å². The first-order chi connectivity index (χ1) is 13.0. The maximum absolute atomic E-state index is 12.4. The van der Waals surface area contributed by atoms with Gasteiger partial charge >= 0.3 is 5.97 Å². The molecule has 1 aromatic heterocycles. The van der Waals surface area contributed by atoms with Gasteiger partial charge in [0.1, 0.15) is 5.01 Å². The van der Waals surface area contributed by atoms with Crippen LogP contribution in [0.5, 0.6) is 11.5 Å². The largest absolute Gasteiger partial charge is 0.493 e. The first kappa shape index (κ1) is 18.3. The van der Waals surface area contributed by atoms with Crippen LogP contribution in [0.1, 0.15) is 20.7 Å². The van der Waals surface area contributed by atoms with E-state index in [0.717, 1.165) is 16.9 Å². The van der Waals surface area contributed by atoms with Crippen molar-refractivity contribution in [3.05, 3.63) is 53.6 Å². The van der Waals surface area contributed by atoms with E-state index in [1.807, 2.05) is 0 Å². The lowest BCUT2D eigenvalue weighted by molar-refractivity contribution is 0.0692. The molecular weight excluding hydrogens is 370 g/mol. The van der Waals surface area contributed by atoms with Crippen LogP contribution in [0.4, 0.5) is 5.13 Å². The molecule has 0 aliphatic heterocycles. The Hall–Kier alpha value is -3.46. The van der Waals surface area contributed by atoms with Crippen LogP contribution < -0.4 is 14.8 Å². The molecular formula is C18H15N3O5S. The lowest BCUT2D eigenvalue weighted by Crippen LogP contribution is -2.16. The summed E-state index contributed by atoms with van der Waals surface area (Å²) in [5.74, 6) is -0.609. The average Bonchev–Trinajstić information content (AvgIpc) is 3.15. The number of carbonyl (C=O) groups is 2. The van der Waals surface area contributed by atoms with Gasteiger partial charge in [-0.05, 0) is 30.3 Å². The van der Waals surface area contributed by atoms with E-state index < -0.39 is 11.9 Å². The molecule has 0 fully saturated rings. The van der Waals surface area contributed by atoms with Gasteiger partial charge in [0.05, 0.1) is 25.3 Å². The SMILES string of the molecule is COc1ccc(-c2nnc(NC(=O)c3ccccc3C(=O)O)s2)cc1OC. The molecule has 0 aliphatic rings. The number of nitrogens with zero attached hydrogens (tertiary/aromatic N) is 2. The summed E-state index contributed by atoms with van der Waals surface area (Å²) in [6.07, 6.45) is 0. The Labute approximate surface area is 158 Å². The fourth-order valence-electron chi connectivity index (χ4n) is 2.39. The molecule has 0 spiro atoms. The molecule has 0 aliphatic carbocycles. The highest BCUT2D eigenvalue weighted by atomic mass is 32.1. The number of ether oxygens (including phenoxy) is 2. The van der Waals surface area contributed by atoms with Crippen molar-refractivity contribution in [3.8, 4) is 22.1 Å². The van der Waals surface area contributed by atoms with Gasteiger partial charge in [0.2, 0.25) is 5.13 Å². The molecule has 2 aromatic carbocycles. The van der Waals surface area contributed by atoms with Crippen molar-refractivity contribution >= 4 is 28.3 Å². The standard InChI is InChI=1S/C18H15N3O5S/c1-25-13-8-7-10(9-14(13)26-2)16-20-21-18(27-16)19-15(22)11-5-3-4-6-12(11)17(23)24/h3-9H,1-2H3,(H,23,24)(H,19,21,22). The Kier molecular flexibility index (Phi) is 5.32. The molecule has 2 N–H and O–H groups in total. The van der Waals surface area contributed by atoms with Gasteiger partial charge in [0.15, 0.2) is 11.5 Å². The minimum Gasteiger partial charge on any atom is -0.493 e. The first-order valence-electron chi connectivity index (χ1n) is 7.73. The number of nitrogens with one attached hydrogen (secondary N) is 1. The summed E-state index contributed by atoms with van der Waals surface area (Å²) in [5.41, 5.74) is 0.712. The van der Waals surface area contributed by atoms with Gasteiger partial charge in [-0.1, -0.05) is 23.5 Å². The molecule has 8 nitrogen and oxygen atoms in total. The summed E-state index contributed by atoms with van der Waals surface area (Å²) in [6.45, 7) is 0. The summed E-state index contributed by atoms with van der Waals surface area (Å²) < 4.78 is 10.5. The lowest BCUT2D eigenvalue weighted by atomic mass is 10.1. The Morgan fingerprint density at radius 2 is 1.70 bits per heavy atom. The van der Waals surface area contributed by atoms with Gasteiger partial charge in [-0.2, -0.15) is 0 Å². The van der Waals surface area contributed by atoms with Gasteiger partial charge in [-0.25, -0.2) is 4.79 Å². The molecule has 3 rings (SSSR count). The third-order valence-corrected chi connectivity index (χ3v) is 4.57. The second-order valence-electron chi connectivity index (χ2n) is 5.29. The van der Waals surface area contributed by atoms with Crippen LogP contribution in [-0.2, 0) is 0 Å².